The van der Waals surface area contributed by atoms with Gasteiger partial charge in [0.05, 0.1) is 0 Å². The second kappa shape index (κ2) is 9.16. The smallest absolute Gasteiger partial charge is 0.00992 e. The quantitative estimate of drug-likeness (QED) is 0.315. The zero-order valence-corrected chi connectivity index (χ0v) is 18.3. The van der Waals surface area contributed by atoms with E-state index in [-0.39, 0.29) is 10.0 Å². The van der Waals surface area contributed by atoms with Crippen molar-refractivity contribution in [3.63, 3.8) is 0 Å². The molecule has 4 N–H and O–H groups in total. The Morgan fingerprint density at radius 2 is 1.45 bits per heavy atom. The van der Waals surface area contributed by atoms with E-state index < -0.39 is 26.7 Å². The third-order valence-corrected chi connectivity index (χ3v) is 17.8. The average molecular weight is 447 g/mol. The normalized spacial score (nSPS) is 10.3. The molecule has 4 rings (SSSR count). The third-order valence-electron chi connectivity index (χ3n) is 5.17. The van der Waals surface area contributed by atoms with Gasteiger partial charge in [-0.2, -0.15) is 0 Å². The molecule has 2 aromatic heterocycles. The number of carbonyl (C=O) groups is 2. The molecule has 4 aromatic rings. The molecular weight excluding hydrogens is 430 g/mol. The molecule has 0 spiro atoms. The molecule has 0 saturated carbocycles. The zero-order chi connectivity index (χ0) is 20.7. The predicted octanol–water partition coefficient (Wildman–Crippen LogP) is 0.673. The van der Waals surface area contributed by atoms with Gasteiger partial charge in [0.25, 0.3) is 0 Å². The monoisotopic (exact) mass is 445 g/mol. The van der Waals surface area contributed by atoms with Crippen LogP contribution in [0.1, 0.15) is 0 Å². The maximum absolute atomic E-state index is 11.1. The fraction of sp³-hybridized carbons (Fsp3) is 0.111. The van der Waals surface area contributed by atoms with E-state index in [0.29, 0.717) is 8.58 Å². The standard InChI is InChI=1S/C10H7.2C2H2N3.2C2H3O2.Zn/c1-2-6-10-8-4-3-7-9(10)5-1;2*1-2-4-5-3-1;2*1-2(3)4;/h1-7H;2*1H,(H,3,4,5);2*1H2,(H,3,4);. The Morgan fingerprint density at radius 3 is 1.93 bits per heavy atom. The summed E-state index contributed by atoms with van der Waals surface area (Å²) in [6.07, 6.45) is 2.89. The van der Waals surface area contributed by atoms with Crippen molar-refractivity contribution in [2.24, 2.45) is 0 Å². The van der Waals surface area contributed by atoms with E-state index in [0.717, 1.165) is 0 Å². The van der Waals surface area contributed by atoms with Crippen LogP contribution in [0.5, 0.6) is 0 Å². The number of H-pyrrole nitrogens is 2. The molecule has 0 fully saturated rings. The van der Waals surface area contributed by atoms with Gasteiger partial charge in [-0.1, -0.05) is 42.5 Å². The fourth-order valence-electron chi connectivity index (χ4n) is 3.69. The van der Waals surface area contributed by atoms with Crippen molar-refractivity contribution in [1.29, 1.82) is 0 Å². The molecule has 2 heterocycles. The van der Waals surface area contributed by atoms with Crippen molar-refractivity contribution in [3.05, 3.63) is 60.9 Å². The van der Waals surface area contributed by atoms with Crippen LogP contribution in [0.2, 0.25) is 10.0 Å². The van der Waals surface area contributed by atoms with Crippen LogP contribution in [0.4, 0.5) is 0 Å². The second-order valence-corrected chi connectivity index (χ2v) is 18.6. The number of nitrogens with zero attached hydrogens (tertiary/aromatic N) is 4. The summed E-state index contributed by atoms with van der Waals surface area (Å²) in [7, 11) is 0. The van der Waals surface area contributed by atoms with Gasteiger partial charge in [0.15, 0.2) is 0 Å². The van der Waals surface area contributed by atoms with Crippen molar-refractivity contribution in [1.82, 2.24) is 30.8 Å². The Hall–Kier alpha value is -3.46. The number of benzene rings is 2. The Bertz CT molecular complexity index is 967. The molecule has 0 aliphatic heterocycles. The summed E-state index contributed by atoms with van der Waals surface area (Å²) >= 11 is -4.19. The van der Waals surface area contributed by atoms with Gasteiger partial charge in [-0.05, 0) is 16.8 Å². The van der Waals surface area contributed by atoms with Crippen molar-refractivity contribution >= 4 is 31.3 Å². The molecule has 1 radical (unpaired) electrons. The topological polar surface area (TPSA) is 158 Å². The van der Waals surface area contributed by atoms with Crippen LogP contribution >= 0.6 is 0 Å². The zero-order valence-electron chi connectivity index (χ0n) is 15.3. The van der Waals surface area contributed by atoms with Crippen molar-refractivity contribution in [2.75, 3.05) is 0 Å². The van der Waals surface area contributed by atoms with Crippen LogP contribution in [-0.2, 0) is 24.4 Å². The molecular formula is C18H17N6O4Zn. The average Bonchev–Trinajstić information content (AvgIpc) is 3.42. The van der Waals surface area contributed by atoms with E-state index in [1.54, 1.807) is 0 Å². The van der Waals surface area contributed by atoms with E-state index in [1.807, 2.05) is 24.3 Å². The van der Waals surface area contributed by atoms with E-state index in [1.165, 1.54) is 23.2 Å². The van der Waals surface area contributed by atoms with Crippen LogP contribution in [0.3, 0.4) is 0 Å². The summed E-state index contributed by atoms with van der Waals surface area (Å²) in [5.41, 5.74) is 0. The number of aliphatic carboxylic acids is 2. The number of hydrogen-bond donors (Lipinski definition) is 4. The van der Waals surface area contributed by atoms with Crippen molar-refractivity contribution in [3.8, 4) is 0 Å². The van der Waals surface area contributed by atoms with E-state index >= 15 is 0 Å². The molecule has 0 saturated heterocycles. The summed E-state index contributed by atoms with van der Waals surface area (Å²) in [5.74, 6) is -2.15. The number of carboxylic acids is 2. The minimum absolute atomic E-state index is 0.269. The Kier molecular flexibility index (Phi) is 6.40. The predicted molar refractivity (Wildman–Crippen MR) is 99.7 cm³/mol. The van der Waals surface area contributed by atoms with Gasteiger partial charge < -0.3 is 0 Å². The van der Waals surface area contributed by atoms with Gasteiger partial charge >= 0.3 is 108 Å². The first-order valence-electron chi connectivity index (χ1n) is 9.04. The summed E-state index contributed by atoms with van der Waals surface area (Å²) in [6, 6.07) is 17.4. The molecule has 0 aliphatic rings. The number of fused-ring (bicyclic) bond motifs is 1. The van der Waals surface area contributed by atoms with Gasteiger partial charge in [0.1, 0.15) is 0 Å². The summed E-state index contributed by atoms with van der Waals surface area (Å²) < 4.78 is 0.810. The molecule has 0 bridgehead atoms. The molecule has 0 aliphatic carbocycles. The van der Waals surface area contributed by atoms with Crippen molar-refractivity contribution in [2.45, 2.75) is 10.0 Å². The molecule has 11 heteroatoms. The number of aromatic amines is 2. The first kappa shape index (κ1) is 20.3. The van der Waals surface area contributed by atoms with Gasteiger partial charge in [-0.15, -0.1) is 0 Å². The Morgan fingerprint density at radius 1 is 0.897 bits per heavy atom. The van der Waals surface area contributed by atoms with Crippen molar-refractivity contribution < 1.29 is 34.6 Å². The van der Waals surface area contributed by atoms with Crippen LogP contribution in [0, 0.1) is 6.07 Å². The molecule has 0 unspecified atom stereocenters. The summed E-state index contributed by atoms with van der Waals surface area (Å²) in [5, 5.41) is 39.9. The van der Waals surface area contributed by atoms with E-state index in [2.05, 4.69) is 55.1 Å². The minimum Gasteiger partial charge on any atom is -0.0616 e. The van der Waals surface area contributed by atoms with Crippen LogP contribution < -0.4 is 8.58 Å². The van der Waals surface area contributed by atoms with Gasteiger partial charge in [0, 0.05) is 0 Å². The SMILES string of the molecule is O=C(O)[CH2][Zn]([CH2]C(=O)O)([c]1c[nH]nn1)[c]1c[nH]nn1.[c]1cccc2ccccc12. The van der Waals surface area contributed by atoms with Crippen LogP contribution in [-0.4, -0.2) is 53.0 Å². The van der Waals surface area contributed by atoms with Gasteiger partial charge in [-0.25, -0.2) is 0 Å². The third kappa shape index (κ3) is 4.88. The maximum Gasteiger partial charge on any atom is -0.00992 e. The first-order valence-corrected chi connectivity index (χ1v) is 16.2. The molecule has 0 amide bonds. The molecule has 10 nitrogen and oxygen atoms in total. The minimum atomic E-state index is -4.19. The maximum atomic E-state index is 11.1. The first-order chi connectivity index (χ1) is 14.0. The number of hydrogen-bond acceptors (Lipinski definition) is 6. The van der Waals surface area contributed by atoms with Crippen LogP contribution in [0.15, 0.2) is 54.9 Å². The summed E-state index contributed by atoms with van der Waals surface area (Å²) in [4.78, 5) is 22.3. The fourth-order valence-corrected chi connectivity index (χ4v) is 13.5. The Labute approximate surface area is 167 Å². The number of nitrogens with one attached hydrogen (secondary N) is 2. The Balaban J connectivity index is 0.000000200. The number of carboxylic acid groups (broad SMARTS) is 2. The molecule has 145 valence electrons. The largest absolute Gasteiger partial charge is 0.0616 e. The summed E-state index contributed by atoms with van der Waals surface area (Å²) in [6.45, 7) is 0. The molecule has 2 aromatic carbocycles. The van der Waals surface area contributed by atoms with E-state index in [4.69, 9.17) is 10.2 Å². The van der Waals surface area contributed by atoms with Crippen LogP contribution in [0.25, 0.3) is 10.8 Å². The van der Waals surface area contributed by atoms with Gasteiger partial charge in [-0.3, -0.25) is 0 Å². The molecule has 0 atom stereocenters. The number of aromatic nitrogens is 6. The number of rotatable bonds is 6. The van der Waals surface area contributed by atoms with Gasteiger partial charge in [0.2, 0.25) is 0 Å². The van der Waals surface area contributed by atoms with E-state index in [9.17, 15) is 9.59 Å². The molecule has 29 heavy (non-hydrogen) atoms. The second-order valence-electron chi connectivity index (χ2n) is 7.00.